The predicted molar refractivity (Wildman–Crippen MR) is 119 cm³/mol. The molecular formula is C21H20Cl2F2N4O4. The first-order valence-electron chi connectivity index (χ1n) is 9.84. The van der Waals surface area contributed by atoms with E-state index >= 15 is 0 Å². The molecule has 0 spiro atoms. The van der Waals surface area contributed by atoms with E-state index in [-0.39, 0.29) is 46.8 Å². The van der Waals surface area contributed by atoms with E-state index in [1.807, 2.05) is 0 Å². The summed E-state index contributed by atoms with van der Waals surface area (Å²) in [6.07, 6.45) is -0.492. The van der Waals surface area contributed by atoms with Gasteiger partial charge in [0, 0.05) is 25.6 Å². The molecule has 0 bridgehead atoms. The number of aromatic nitrogens is 2. The van der Waals surface area contributed by atoms with Gasteiger partial charge in [0.05, 0.1) is 28.9 Å². The van der Waals surface area contributed by atoms with Crippen molar-refractivity contribution >= 4 is 29.9 Å². The summed E-state index contributed by atoms with van der Waals surface area (Å²) in [5.41, 5.74) is 0.304. The van der Waals surface area contributed by atoms with E-state index in [0.29, 0.717) is 25.3 Å². The number of aromatic amines is 1. The average Bonchev–Trinajstić information content (AvgIpc) is 3.07. The molecule has 176 valence electrons. The Balaban J connectivity index is 0.00000306. The van der Waals surface area contributed by atoms with Gasteiger partial charge in [-0.3, -0.25) is 14.3 Å². The van der Waals surface area contributed by atoms with Gasteiger partial charge in [0.2, 0.25) is 0 Å². The minimum Gasteiger partial charge on any atom is -0.372 e. The molecule has 8 nitrogen and oxygen atoms in total. The van der Waals surface area contributed by atoms with Gasteiger partial charge in [0.1, 0.15) is 11.6 Å². The first-order valence-corrected chi connectivity index (χ1v) is 10.2. The van der Waals surface area contributed by atoms with Gasteiger partial charge in [-0.25, -0.2) is 13.6 Å². The summed E-state index contributed by atoms with van der Waals surface area (Å²) in [5, 5.41) is 9.38. The van der Waals surface area contributed by atoms with Crippen molar-refractivity contribution in [3.63, 3.8) is 0 Å². The fraction of sp³-hybridized carbons (Fsp3) is 0.286. The highest BCUT2D eigenvalue weighted by Gasteiger charge is 2.28. The predicted octanol–water partition coefficient (Wildman–Crippen LogP) is 3.09. The van der Waals surface area contributed by atoms with Gasteiger partial charge in [0.25, 0.3) is 5.91 Å². The van der Waals surface area contributed by atoms with E-state index in [9.17, 15) is 18.4 Å². The van der Waals surface area contributed by atoms with Crippen LogP contribution in [0, 0.1) is 17.6 Å². The van der Waals surface area contributed by atoms with Crippen LogP contribution in [0.1, 0.15) is 22.0 Å². The highest BCUT2D eigenvalue weighted by molar-refractivity contribution is 6.30. The summed E-state index contributed by atoms with van der Waals surface area (Å²) in [6, 6.07) is 8.61. The lowest BCUT2D eigenvalue weighted by atomic mass is 9.95. The largest absolute Gasteiger partial charge is 0.439 e. The Hall–Kier alpha value is -2.79. The summed E-state index contributed by atoms with van der Waals surface area (Å²) >= 11 is 5.78. The lowest BCUT2D eigenvalue weighted by Gasteiger charge is -2.25. The zero-order valence-electron chi connectivity index (χ0n) is 17.1. The molecule has 0 aliphatic carbocycles. The fourth-order valence-electron chi connectivity index (χ4n) is 3.58. The Labute approximate surface area is 198 Å². The quantitative estimate of drug-likeness (QED) is 0.496. The van der Waals surface area contributed by atoms with E-state index < -0.39 is 29.4 Å². The van der Waals surface area contributed by atoms with E-state index in [4.69, 9.17) is 16.3 Å². The molecule has 2 atom stereocenters. The first-order chi connectivity index (χ1) is 15.4. The Morgan fingerprint density at radius 2 is 2.09 bits per heavy atom. The van der Waals surface area contributed by atoms with Gasteiger partial charge in [-0.2, -0.15) is 0 Å². The Morgan fingerprint density at radius 1 is 1.27 bits per heavy atom. The summed E-state index contributed by atoms with van der Waals surface area (Å²) in [6.45, 7) is 1.65. The van der Waals surface area contributed by atoms with E-state index in [2.05, 4.69) is 25.3 Å². The number of ether oxygens (including phenoxy) is 1. The number of hydrogen-bond acceptors (Lipinski definition) is 6. The smallest absolute Gasteiger partial charge is 0.372 e. The van der Waals surface area contributed by atoms with Crippen molar-refractivity contribution < 1.29 is 22.8 Å². The number of carbonyl (C=O) groups is 1. The van der Waals surface area contributed by atoms with Crippen molar-refractivity contribution in [2.45, 2.75) is 6.10 Å². The lowest BCUT2D eigenvalue weighted by Crippen LogP contribution is -2.36. The molecule has 0 unspecified atom stereocenters. The third kappa shape index (κ3) is 5.59. The second-order valence-electron chi connectivity index (χ2n) is 7.25. The molecule has 1 aliphatic heterocycles. The highest BCUT2D eigenvalue weighted by Crippen LogP contribution is 2.30. The van der Waals surface area contributed by atoms with Crippen molar-refractivity contribution in [1.29, 1.82) is 0 Å². The van der Waals surface area contributed by atoms with Crippen molar-refractivity contribution in [3.05, 3.63) is 74.7 Å². The van der Waals surface area contributed by atoms with Crippen LogP contribution in [0.15, 0.2) is 45.7 Å². The number of nitrogens with zero attached hydrogens (tertiary/aromatic N) is 1. The SMILES string of the molecule is Cl.O=C(NC[C@@H]1CNCCO[C@H]1c1ccc(Cl)c(F)c1)c1cccc(-c2noc(=O)[nH]2)c1F. The monoisotopic (exact) mass is 500 g/mol. The summed E-state index contributed by atoms with van der Waals surface area (Å²) in [7, 11) is 0. The van der Waals surface area contributed by atoms with Crippen LogP contribution in [0.2, 0.25) is 5.02 Å². The molecule has 1 fully saturated rings. The molecule has 3 N–H and O–H groups in total. The Morgan fingerprint density at radius 3 is 2.82 bits per heavy atom. The highest BCUT2D eigenvalue weighted by atomic mass is 35.5. The van der Waals surface area contributed by atoms with E-state index in [1.165, 1.54) is 30.3 Å². The van der Waals surface area contributed by atoms with Crippen molar-refractivity contribution in [1.82, 2.24) is 20.8 Å². The van der Waals surface area contributed by atoms with Gasteiger partial charge >= 0.3 is 5.76 Å². The molecule has 12 heteroatoms. The van der Waals surface area contributed by atoms with Gasteiger partial charge in [-0.05, 0) is 29.8 Å². The van der Waals surface area contributed by atoms with E-state index in [1.54, 1.807) is 6.07 Å². The van der Waals surface area contributed by atoms with Crippen molar-refractivity contribution in [3.8, 4) is 11.4 Å². The van der Waals surface area contributed by atoms with Crippen LogP contribution in [-0.2, 0) is 4.74 Å². The minimum atomic E-state index is -0.846. The summed E-state index contributed by atoms with van der Waals surface area (Å²) in [4.78, 5) is 26.1. The topological polar surface area (TPSA) is 109 Å². The number of benzene rings is 2. The van der Waals surface area contributed by atoms with Gasteiger partial charge in [-0.15, -0.1) is 12.4 Å². The standard InChI is InChI=1S/C21H19ClF2N4O4.ClH/c22-15-5-4-11(8-16(15)23)18-12(9-25-6-7-31-18)10-26-20(29)14-3-1-2-13(17(14)24)19-27-21(30)32-28-19;/h1-5,8,12,18,25H,6-7,9-10H2,(H,26,29)(H,27,28,30);1H/t12-,18-;/m0./s1. The third-order valence-electron chi connectivity index (χ3n) is 5.15. The molecule has 3 aromatic rings. The number of nitrogens with one attached hydrogen (secondary N) is 3. The van der Waals surface area contributed by atoms with Crippen LogP contribution in [0.4, 0.5) is 8.78 Å². The van der Waals surface area contributed by atoms with Crippen LogP contribution in [-0.4, -0.2) is 42.3 Å². The second kappa shape index (κ2) is 10.9. The van der Waals surface area contributed by atoms with Crippen molar-refractivity contribution in [2.75, 3.05) is 26.2 Å². The molecule has 1 aromatic heterocycles. The molecule has 2 heterocycles. The molecule has 1 amide bonds. The molecule has 0 radical (unpaired) electrons. The van der Waals surface area contributed by atoms with Gasteiger partial charge in [-0.1, -0.05) is 28.9 Å². The molecule has 1 saturated heterocycles. The third-order valence-corrected chi connectivity index (χ3v) is 5.45. The normalized spacial score (nSPS) is 18.3. The minimum absolute atomic E-state index is 0. The number of H-pyrrole nitrogens is 1. The number of hydrogen-bond donors (Lipinski definition) is 3. The number of amides is 1. The molecule has 4 rings (SSSR count). The van der Waals surface area contributed by atoms with Crippen LogP contribution >= 0.6 is 24.0 Å². The number of carbonyl (C=O) groups excluding carboxylic acids is 1. The molecule has 0 saturated carbocycles. The molecular weight excluding hydrogens is 481 g/mol. The maximum absolute atomic E-state index is 14.9. The Bertz CT molecular complexity index is 1190. The summed E-state index contributed by atoms with van der Waals surface area (Å²) < 4.78 is 39.2. The first kappa shape index (κ1) is 24.8. The van der Waals surface area contributed by atoms with Crippen LogP contribution in [0.3, 0.4) is 0 Å². The van der Waals surface area contributed by atoms with Crippen LogP contribution < -0.4 is 16.4 Å². The summed E-state index contributed by atoms with van der Waals surface area (Å²) in [5.74, 6) is -3.26. The second-order valence-corrected chi connectivity index (χ2v) is 7.66. The molecule has 33 heavy (non-hydrogen) atoms. The maximum Gasteiger partial charge on any atom is 0.439 e. The zero-order valence-corrected chi connectivity index (χ0v) is 18.6. The fourth-order valence-corrected chi connectivity index (χ4v) is 3.70. The Kier molecular flexibility index (Phi) is 8.20. The van der Waals surface area contributed by atoms with Gasteiger partial charge in [0.15, 0.2) is 5.82 Å². The zero-order chi connectivity index (χ0) is 22.7. The number of rotatable bonds is 5. The number of halogens is 4. The van der Waals surface area contributed by atoms with Gasteiger partial charge < -0.3 is 15.4 Å². The van der Waals surface area contributed by atoms with Crippen LogP contribution in [0.5, 0.6) is 0 Å². The van der Waals surface area contributed by atoms with Crippen molar-refractivity contribution in [2.24, 2.45) is 5.92 Å². The molecule has 2 aromatic carbocycles. The molecule has 1 aliphatic rings. The average molecular weight is 501 g/mol. The van der Waals surface area contributed by atoms with E-state index in [0.717, 1.165) is 0 Å². The maximum atomic E-state index is 14.9. The lowest BCUT2D eigenvalue weighted by molar-refractivity contribution is 0.0303. The van der Waals surface area contributed by atoms with Crippen LogP contribution in [0.25, 0.3) is 11.4 Å².